The first-order valence-electron chi connectivity index (χ1n) is 5.29. The molecule has 1 rings (SSSR count). The van der Waals surface area contributed by atoms with Gasteiger partial charge in [-0.05, 0) is 32.2 Å². The average molecular weight is 238 g/mol. The predicted molar refractivity (Wildman–Crippen MR) is 70.0 cm³/mol. The fourth-order valence-electron chi connectivity index (χ4n) is 1.34. The van der Waals surface area contributed by atoms with Crippen LogP contribution < -0.4 is 10.6 Å². The highest BCUT2D eigenvalue weighted by Crippen LogP contribution is 2.24. The molecule has 1 amide bonds. The topological polar surface area (TPSA) is 41.1 Å². The fourth-order valence-corrected chi connectivity index (χ4v) is 1.91. The zero-order valence-electron chi connectivity index (χ0n) is 9.91. The van der Waals surface area contributed by atoms with E-state index in [4.69, 9.17) is 0 Å². The predicted octanol–water partition coefficient (Wildman–Crippen LogP) is 2.34. The highest BCUT2D eigenvalue weighted by Gasteiger charge is 2.04. The molecule has 0 fully saturated rings. The number of carbonyl (C=O) groups excluding carboxylic acids is 1. The van der Waals surface area contributed by atoms with Crippen LogP contribution in [-0.4, -0.2) is 24.7 Å². The molecule has 0 aromatic heterocycles. The largest absolute Gasteiger partial charge is 0.375 e. The van der Waals surface area contributed by atoms with Gasteiger partial charge < -0.3 is 10.6 Å². The van der Waals surface area contributed by atoms with Gasteiger partial charge in [-0.2, -0.15) is 0 Å². The second-order valence-electron chi connectivity index (χ2n) is 3.78. The van der Waals surface area contributed by atoms with Crippen LogP contribution in [0.5, 0.6) is 0 Å². The molecule has 16 heavy (non-hydrogen) atoms. The van der Waals surface area contributed by atoms with Crippen molar-refractivity contribution >= 4 is 23.4 Å². The van der Waals surface area contributed by atoms with Crippen molar-refractivity contribution in [3.8, 4) is 0 Å². The van der Waals surface area contributed by atoms with E-state index in [0.29, 0.717) is 6.54 Å². The fraction of sp³-hybridized carbons (Fsp3) is 0.417. The molecule has 88 valence electrons. The number of thioether (sulfide) groups is 1. The molecule has 0 saturated heterocycles. The van der Waals surface area contributed by atoms with Gasteiger partial charge in [-0.3, -0.25) is 4.79 Å². The number of anilines is 1. The van der Waals surface area contributed by atoms with Crippen LogP contribution in [0.2, 0.25) is 0 Å². The van der Waals surface area contributed by atoms with Crippen molar-refractivity contribution in [2.24, 2.45) is 0 Å². The Hall–Kier alpha value is -1.16. The Kier molecular flexibility index (Phi) is 5.19. The lowest BCUT2D eigenvalue weighted by Gasteiger charge is -2.12. The molecule has 0 heterocycles. The van der Waals surface area contributed by atoms with E-state index >= 15 is 0 Å². The zero-order chi connectivity index (χ0) is 12.0. The van der Waals surface area contributed by atoms with Gasteiger partial charge in [0.15, 0.2) is 0 Å². The Morgan fingerprint density at radius 1 is 1.38 bits per heavy atom. The lowest BCUT2D eigenvalue weighted by molar-refractivity contribution is -0.119. The second-order valence-corrected chi connectivity index (χ2v) is 4.62. The van der Waals surface area contributed by atoms with Gasteiger partial charge in [-0.15, -0.1) is 11.8 Å². The van der Waals surface area contributed by atoms with E-state index in [0.717, 1.165) is 10.6 Å². The van der Waals surface area contributed by atoms with Crippen molar-refractivity contribution in [1.29, 1.82) is 0 Å². The first-order chi connectivity index (χ1) is 7.63. The van der Waals surface area contributed by atoms with Crippen LogP contribution in [0.25, 0.3) is 0 Å². The van der Waals surface area contributed by atoms with Gasteiger partial charge in [-0.25, -0.2) is 0 Å². The van der Waals surface area contributed by atoms with Gasteiger partial charge in [0.2, 0.25) is 5.91 Å². The van der Waals surface area contributed by atoms with Gasteiger partial charge in [-0.1, -0.05) is 12.1 Å². The molecular weight excluding hydrogens is 220 g/mol. The quantitative estimate of drug-likeness (QED) is 0.774. The minimum absolute atomic E-state index is 0.0194. The molecule has 1 aromatic carbocycles. The van der Waals surface area contributed by atoms with Crippen molar-refractivity contribution in [2.75, 3.05) is 18.1 Å². The van der Waals surface area contributed by atoms with Crippen LogP contribution >= 0.6 is 11.8 Å². The maximum atomic E-state index is 11.4. The highest BCUT2D eigenvalue weighted by atomic mass is 32.2. The van der Waals surface area contributed by atoms with Crippen molar-refractivity contribution in [2.45, 2.75) is 24.8 Å². The lowest BCUT2D eigenvalue weighted by Crippen LogP contribution is -2.34. The van der Waals surface area contributed by atoms with Gasteiger partial charge in [0, 0.05) is 16.6 Å². The molecule has 0 atom stereocenters. The van der Waals surface area contributed by atoms with Crippen molar-refractivity contribution in [3.63, 3.8) is 0 Å². The highest BCUT2D eigenvalue weighted by molar-refractivity contribution is 7.98. The second kappa shape index (κ2) is 6.43. The van der Waals surface area contributed by atoms with E-state index in [9.17, 15) is 4.79 Å². The third kappa shape index (κ3) is 4.14. The Morgan fingerprint density at radius 3 is 2.69 bits per heavy atom. The van der Waals surface area contributed by atoms with Crippen LogP contribution in [0.3, 0.4) is 0 Å². The summed E-state index contributed by atoms with van der Waals surface area (Å²) in [7, 11) is 0. The number of hydrogen-bond acceptors (Lipinski definition) is 3. The van der Waals surface area contributed by atoms with Gasteiger partial charge >= 0.3 is 0 Å². The standard InChI is InChI=1S/C12H18N2OS/c1-9(2)14-12(15)8-13-10-6-4-5-7-11(10)16-3/h4-7,9,13H,8H2,1-3H3,(H,14,15). The Labute approximate surface area is 101 Å². The van der Waals surface area contributed by atoms with E-state index in [1.54, 1.807) is 11.8 Å². The molecule has 1 aromatic rings. The third-order valence-corrected chi connectivity index (χ3v) is 2.79. The number of hydrogen-bond donors (Lipinski definition) is 2. The molecule has 2 N–H and O–H groups in total. The summed E-state index contributed by atoms with van der Waals surface area (Å²) in [5.74, 6) is 0.0194. The summed E-state index contributed by atoms with van der Waals surface area (Å²) >= 11 is 1.67. The molecule has 3 nitrogen and oxygen atoms in total. The normalized spacial score (nSPS) is 10.2. The summed E-state index contributed by atoms with van der Waals surface area (Å²) in [4.78, 5) is 12.6. The Balaban J connectivity index is 2.51. The lowest BCUT2D eigenvalue weighted by atomic mass is 10.3. The van der Waals surface area contributed by atoms with Crippen molar-refractivity contribution < 1.29 is 4.79 Å². The third-order valence-electron chi connectivity index (χ3n) is 2.00. The molecular formula is C12H18N2OS. The zero-order valence-corrected chi connectivity index (χ0v) is 10.7. The molecule has 4 heteroatoms. The monoisotopic (exact) mass is 238 g/mol. The minimum atomic E-state index is 0.0194. The molecule has 0 spiro atoms. The summed E-state index contributed by atoms with van der Waals surface area (Å²) in [6.07, 6.45) is 2.02. The summed E-state index contributed by atoms with van der Waals surface area (Å²) in [5, 5.41) is 5.98. The summed E-state index contributed by atoms with van der Waals surface area (Å²) in [5.41, 5.74) is 1.01. The molecule has 0 aliphatic rings. The van der Waals surface area contributed by atoms with Crippen LogP contribution in [0.15, 0.2) is 29.2 Å². The molecule has 0 radical (unpaired) electrons. The van der Waals surface area contributed by atoms with Crippen LogP contribution in [0, 0.1) is 0 Å². The smallest absolute Gasteiger partial charge is 0.239 e. The van der Waals surface area contributed by atoms with Gasteiger partial charge in [0.05, 0.1) is 6.54 Å². The number of para-hydroxylation sites is 1. The number of carbonyl (C=O) groups is 1. The number of rotatable bonds is 5. The Morgan fingerprint density at radius 2 is 2.06 bits per heavy atom. The van der Waals surface area contributed by atoms with E-state index in [1.807, 2.05) is 44.4 Å². The average Bonchev–Trinajstić information content (AvgIpc) is 2.26. The SMILES string of the molecule is CSc1ccccc1NCC(=O)NC(C)C. The molecule has 0 unspecified atom stereocenters. The van der Waals surface area contributed by atoms with Gasteiger partial charge in [0.1, 0.15) is 0 Å². The Bertz CT molecular complexity index is 353. The van der Waals surface area contributed by atoms with Crippen LogP contribution in [-0.2, 0) is 4.79 Å². The first-order valence-corrected chi connectivity index (χ1v) is 6.52. The van der Waals surface area contributed by atoms with Gasteiger partial charge in [0.25, 0.3) is 0 Å². The molecule has 0 aliphatic heterocycles. The van der Waals surface area contributed by atoms with E-state index < -0.39 is 0 Å². The van der Waals surface area contributed by atoms with Crippen LogP contribution in [0.1, 0.15) is 13.8 Å². The van der Waals surface area contributed by atoms with E-state index in [1.165, 1.54) is 0 Å². The van der Waals surface area contributed by atoms with Crippen molar-refractivity contribution in [1.82, 2.24) is 5.32 Å². The maximum Gasteiger partial charge on any atom is 0.239 e. The molecule has 0 bridgehead atoms. The minimum Gasteiger partial charge on any atom is -0.375 e. The van der Waals surface area contributed by atoms with E-state index in [-0.39, 0.29) is 11.9 Å². The number of benzene rings is 1. The summed E-state index contributed by atoms with van der Waals surface area (Å²) < 4.78 is 0. The number of amides is 1. The summed E-state index contributed by atoms with van der Waals surface area (Å²) in [6.45, 7) is 4.22. The van der Waals surface area contributed by atoms with E-state index in [2.05, 4.69) is 10.6 Å². The van der Waals surface area contributed by atoms with Crippen LogP contribution in [0.4, 0.5) is 5.69 Å². The first kappa shape index (κ1) is 12.9. The summed E-state index contributed by atoms with van der Waals surface area (Å²) in [6, 6.07) is 8.15. The molecule has 0 saturated carbocycles. The number of nitrogens with one attached hydrogen (secondary N) is 2. The molecule has 0 aliphatic carbocycles. The maximum absolute atomic E-state index is 11.4. The van der Waals surface area contributed by atoms with Crippen molar-refractivity contribution in [3.05, 3.63) is 24.3 Å².